The fourth-order valence-corrected chi connectivity index (χ4v) is 1.49. The van der Waals surface area contributed by atoms with E-state index >= 15 is 0 Å². The predicted octanol–water partition coefficient (Wildman–Crippen LogP) is 1.19. The topological polar surface area (TPSA) is 32.3 Å². The first-order valence-corrected chi connectivity index (χ1v) is 4.80. The van der Waals surface area contributed by atoms with E-state index in [0.29, 0.717) is 6.04 Å². The quantitative estimate of drug-likeness (QED) is 0.671. The molecule has 0 spiro atoms. The predicted molar refractivity (Wildman–Crippen MR) is 60.7 cm³/mol. The minimum atomic E-state index is 0. The molecular weight excluding hydrogens is 200 g/mol. The van der Waals surface area contributed by atoms with E-state index < -0.39 is 0 Å². The number of nitrogens with one attached hydrogen (secondary N) is 1. The number of rotatable bonds is 1. The maximum Gasteiger partial charge on any atom is 0.249 e. The van der Waals surface area contributed by atoms with Gasteiger partial charge in [-0.3, -0.25) is 4.79 Å². The van der Waals surface area contributed by atoms with Crippen molar-refractivity contribution in [2.24, 2.45) is 0 Å². The first-order valence-electron chi connectivity index (χ1n) is 4.80. The third-order valence-corrected chi connectivity index (χ3v) is 2.43. The lowest BCUT2D eigenvalue weighted by Crippen LogP contribution is -2.51. The van der Waals surface area contributed by atoms with Crippen molar-refractivity contribution in [3.63, 3.8) is 0 Å². The van der Waals surface area contributed by atoms with E-state index in [-0.39, 0.29) is 18.3 Å². The summed E-state index contributed by atoms with van der Waals surface area (Å²) in [5, 5.41) is 3.31. The summed E-state index contributed by atoms with van der Waals surface area (Å²) < 4.78 is 0. The fraction of sp³-hybridized carbons (Fsp3) is 0.700. The van der Waals surface area contributed by atoms with Crippen LogP contribution in [-0.4, -0.2) is 36.5 Å². The number of carbonyl (C=O) groups is 1. The van der Waals surface area contributed by atoms with Gasteiger partial charge in [0.05, 0.1) is 0 Å². The highest BCUT2D eigenvalue weighted by atomic mass is 35.5. The highest BCUT2D eigenvalue weighted by Gasteiger charge is 2.20. The van der Waals surface area contributed by atoms with E-state index in [4.69, 9.17) is 0 Å². The molecule has 0 radical (unpaired) electrons. The Labute approximate surface area is 92.0 Å². The lowest BCUT2D eigenvalue weighted by atomic mass is 10.2. The summed E-state index contributed by atoms with van der Waals surface area (Å²) in [4.78, 5) is 13.6. The molecule has 0 saturated carbocycles. The molecule has 14 heavy (non-hydrogen) atoms. The number of carbonyl (C=O) groups excluding carboxylic acids is 1. The molecule has 1 fully saturated rings. The zero-order valence-electron chi connectivity index (χ0n) is 9.04. The maximum absolute atomic E-state index is 11.7. The largest absolute Gasteiger partial charge is 0.336 e. The SMILES string of the molecule is C/C=C(/C)C(=O)N1CCN[C@@H](C)C1.Cl. The van der Waals surface area contributed by atoms with Crippen LogP contribution < -0.4 is 5.32 Å². The molecule has 1 heterocycles. The summed E-state index contributed by atoms with van der Waals surface area (Å²) in [5.74, 6) is 0.177. The summed E-state index contributed by atoms with van der Waals surface area (Å²) in [5.41, 5.74) is 0.842. The molecule has 1 saturated heterocycles. The van der Waals surface area contributed by atoms with Gasteiger partial charge in [-0.25, -0.2) is 0 Å². The van der Waals surface area contributed by atoms with Gasteiger partial charge in [-0.1, -0.05) is 6.08 Å². The Morgan fingerprint density at radius 3 is 2.71 bits per heavy atom. The normalized spacial score (nSPS) is 22.9. The van der Waals surface area contributed by atoms with Crippen LogP contribution in [0.15, 0.2) is 11.6 Å². The molecule has 1 aliphatic heterocycles. The zero-order valence-corrected chi connectivity index (χ0v) is 9.86. The molecule has 1 N–H and O–H groups in total. The van der Waals surface area contributed by atoms with Crippen molar-refractivity contribution in [1.29, 1.82) is 0 Å². The molecule has 0 aromatic rings. The van der Waals surface area contributed by atoms with Gasteiger partial charge in [0.15, 0.2) is 0 Å². The summed E-state index contributed by atoms with van der Waals surface area (Å²) in [6, 6.07) is 0.419. The lowest BCUT2D eigenvalue weighted by molar-refractivity contribution is -0.128. The van der Waals surface area contributed by atoms with Crippen molar-refractivity contribution in [2.75, 3.05) is 19.6 Å². The third kappa shape index (κ3) is 3.31. The second-order valence-electron chi connectivity index (χ2n) is 3.58. The van der Waals surface area contributed by atoms with Crippen molar-refractivity contribution in [1.82, 2.24) is 10.2 Å². The lowest BCUT2D eigenvalue weighted by Gasteiger charge is -2.32. The van der Waals surface area contributed by atoms with Gasteiger partial charge in [-0.05, 0) is 20.8 Å². The Bertz CT molecular complexity index is 228. The second kappa shape index (κ2) is 6.04. The monoisotopic (exact) mass is 218 g/mol. The van der Waals surface area contributed by atoms with Crippen LogP contribution in [-0.2, 0) is 4.79 Å². The zero-order chi connectivity index (χ0) is 9.84. The van der Waals surface area contributed by atoms with Crippen molar-refractivity contribution >= 4 is 18.3 Å². The second-order valence-corrected chi connectivity index (χ2v) is 3.58. The molecule has 0 aliphatic carbocycles. The number of allylic oxidation sites excluding steroid dienone is 1. The highest BCUT2D eigenvalue weighted by Crippen LogP contribution is 2.04. The average molecular weight is 219 g/mol. The van der Waals surface area contributed by atoms with Crippen molar-refractivity contribution in [3.05, 3.63) is 11.6 Å². The Kier molecular flexibility index (Phi) is 5.81. The molecule has 4 heteroatoms. The van der Waals surface area contributed by atoms with Crippen LogP contribution in [0.5, 0.6) is 0 Å². The van der Waals surface area contributed by atoms with Gasteiger partial charge in [0.25, 0.3) is 0 Å². The van der Waals surface area contributed by atoms with E-state index in [1.807, 2.05) is 24.8 Å². The minimum Gasteiger partial charge on any atom is -0.336 e. The Balaban J connectivity index is 0.00000169. The summed E-state index contributed by atoms with van der Waals surface area (Å²) in [6.45, 7) is 8.43. The number of piperazine rings is 1. The number of hydrogen-bond acceptors (Lipinski definition) is 2. The Morgan fingerprint density at radius 2 is 2.21 bits per heavy atom. The smallest absolute Gasteiger partial charge is 0.249 e. The summed E-state index contributed by atoms with van der Waals surface area (Å²) >= 11 is 0. The van der Waals surface area contributed by atoms with Gasteiger partial charge >= 0.3 is 0 Å². The van der Waals surface area contributed by atoms with Crippen LogP contribution in [0, 0.1) is 0 Å². The van der Waals surface area contributed by atoms with Crippen LogP contribution >= 0.6 is 12.4 Å². The molecule has 0 aromatic carbocycles. The average Bonchev–Trinajstić information content (AvgIpc) is 2.15. The molecular formula is C10H19ClN2O. The number of nitrogens with zero attached hydrogens (tertiary/aromatic N) is 1. The van der Waals surface area contributed by atoms with E-state index in [9.17, 15) is 4.79 Å². The number of amides is 1. The molecule has 1 aliphatic rings. The molecule has 1 amide bonds. The van der Waals surface area contributed by atoms with Crippen LogP contribution in [0.2, 0.25) is 0 Å². The van der Waals surface area contributed by atoms with E-state index in [1.54, 1.807) is 0 Å². The molecule has 0 unspecified atom stereocenters. The molecule has 0 bridgehead atoms. The standard InChI is InChI=1S/C10H18N2O.ClH/c1-4-8(2)10(13)12-6-5-11-9(3)7-12;/h4,9,11H,5-7H2,1-3H3;1H/b8-4-;/t9-;/m0./s1. The van der Waals surface area contributed by atoms with Gasteiger partial charge in [0, 0.05) is 31.2 Å². The van der Waals surface area contributed by atoms with Crippen LogP contribution in [0.4, 0.5) is 0 Å². The van der Waals surface area contributed by atoms with Crippen molar-refractivity contribution in [3.8, 4) is 0 Å². The van der Waals surface area contributed by atoms with Crippen molar-refractivity contribution < 1.29 is 4.79 Å². The summed E-state index contributed by atoms with van der Waals surface area (Å²) in [7, 11) is 0. The minimum absolute atomic E-state index is 0. The Hall–Kier alpha value is -0.540. The summed E-state index contributed by atoms with van der Waals surface area (Å²) in [6.07, 6.45) is 1.87. The van der Waals surface area contributed by atoms with Gasteiger partial charge in [-0.2, -0.15) is 0 Å². The highest BCUT2D eigenvalue weighted by molar-refractivity contribution is 5.92. The fourth-order valence-electron chi connectivity index (χ4n) is 1.49. The van der Waals surface area contributed by atoms with E-state index in [1.165, 1.54) is 0 Å². The van der Waals surface area contributed by atoms with Gasteiger partial charge < -0.3 is 10.2 Å². The number of halogens is 1. The molecule has 0 aromatic heterocycles. The van der Waals surface area contributed by atoms with E-state index in [2.05, 4.69) is 12.2 Å². The molecule has 82 valence electrons. The van der Waals surface area contributed by atoms with Crippen molar-refractivity contribution in [2.45, 2.75) is 26.8 Å². The third-order valence-electron chi connectivity index (χ3n) is 2.43. The van der Waals surface area contributed by atoms with Gasteiger partial charge in [-0.15, -0.1) is 12.4 Å². The Morgan fingerprint density at radius 1 is 1.57 bits per heavy atom. The maximum atomic E-state index is 11.7. The van der Waals surface area contributed by atoms with Crippen LogP contribution in [0.3, 0.4) is 0 Å². The van der Waals surface area contributed by atoms with Crippen LogP contribution in [0.25, 0.3) is 0 Å². The first kappa shape index (κ1) is 13.5. The number of hydrogen-bond donors (Lipinski definition) is 1. The molecule has 1 atom stereocenters. The molecule has 3 nitrogen and oxygen atoms in total. The first-order chi connectivity index (χ1) is 6.15. The van der Waals surface area contributed by atoms with Crippen LogP contribution in [0.1, 0.15) is 20.8 Å². The van der Waals surface area contributed by atoms with Gasteiger partial charge in [0.1, 0.15) is 0 Å². The molecule has 1 rings (SSSR count). The van der Waals surface area contributed by atoms with E-state index in [0.717, 1.165) is 25.2 Å². The van der Waals surface area contributed by atoms with Gasteiger partial charge in [0.2, 0.25) is 5.91 Å².